The molecule has 0 saturated heterocycles. The molecule has 20 heavy (non-hydrogen) atoms. The summed E-state index contributed by atoms with van der Waals surface area (Å²) in [7, 11) is 0. The van der Waals surface area contributed by atoms with Gasteiger partial charge in [-0.3, -0.25) is 4.79 Å². The Bertz CT molecular complexity index is 614. The lowest BCUT2D eigenvalue weighted by Crippen LogP contribution is -2.12. The van der Waals surface area contributed by atoms with E-state index in [2.05, 4.69) is 10.3 Å². The number of fused-ring (bicyclic) bond motifs is 1. The molecule has 106 valence electrons. The van der Waals surface area contributed by atoms with E-state index in [4.69, 9.17) is 0 Å². The predicted octanol–water partition coefficient (Wildman–Crippen LogP) is 4.51. The summed E-state index contributed by atoms with van der Waals surface area (Å²) in [4.78, 5) is 16.4. The van der Waals surface area contributed by atoms with Crippen LogP contribution in [0.1, 0.15) is 43.5 Å². The summed E-state index contributed by atoms with van der Waals surface area (Å²) in [6.45, 7) is 2.00. The highest BCUT2D eigenvalue weighted by Crippen LogP contribution is 2.29. The number of amides is 1. The number of rotatable bonds is 4. The van der Waals surface area contributed by atoms with Crippen LogP contribution in [-0.2, 0) is 4.79 Å². The van der Waals surface area contributed by atoms with Gasteiger partial charge in [-0.25, -0.2) is 4.98 Å². The Morgan fingerprint density at radius 3 is 3.00 bits per heavy atom. The van der Waals surface area contributed by atoms with Crippen LogP contribution < -0.4 is 5.32 Å². The van der Waals surface area contributed by atoms with Crippen molar-refractivity contribution in [1.29, 1.82) is 0 Å². The summed E-state index contributed by atoms with van der Waals surface area (Å²) in [6.07, 6.45) is 6.95. The van der Waals surface area contributed by atoms with Crippen molar-refractivity contribution >= 4 is 33.1 Å². The van der Waals surface area contributed by atoms with Crippen LogP contribution in [0.3, 0.4) is 0 Å². The van der Waals surface area contributed by atoms with Crippen LogP contribution in [-0.4, -0.2) is 10.9 Å². The largest absolute Gasteiger partial charge is 0.326 e. The Morgan fingerprint density at radius 1 is 1.40 bits per heavy atom. The van der Waals surface area contributed by atoms with Crippen molar-refractivity contribution in [3.8, 4) is 0 Å². The van der Waals surface area contributed by atoms with Crippen molar-refractivity contribution in [2.75, 3.05) is 5.32 Å². The molecule has 1 aliphatic carbocycles. The van der Waals surface area contributed by atoms with Crippen LogP contribution in [0.4, 0.5) is 5.69 Å². The van der Waals surface area contributed by atoms with Gasteiger partial charge < -0.3 is 5.32 Å². The van der Waals surface area contributed by atoms with E-state index in [1.807, 2.05) is 25.1 Å². The van der Waals surface area contributed by atoms with Crippen molar-refractivity contribution < 1.29 is 4.79 Å². The Kier molecular flexibility index (Phi) is 4.01. The van der Waals surface area contributed by atoms with Crippen molar-refractivity contribution in [2.45, 2.75) is 45.4 Å². The summed E-state index contributed by atoms with van der Waals surface area (Å²) >= 11 is 1.68. The van der Waals surface area contributed by atoms with Gasteiger partial charge in [-0.15, -0.1) is 11.3 Å². The lowest BCUT2D eigenvalue weighted by molar-refractivity contribution is -0.116. The molecule has 0 aliphatic heterocycles. The van der Waals surface area contributed by atoms with E-state index in [0.717, 1.165) is 28.6 Å². The standard InChI is InChI=1S/C16H20N2OS/c1-11-17-14-10-13(7-8-15(14)20-11)18-16(19)9-6-12-4-2-3-5-12/h7-8,10,12H,2-6,9H2,1H3,(H,18,19). The second-order valence-electron chi connectivity index (χ2n) is 5.65. The third-order valence-corrected chi connectivity index (χ3v) is 4.98. The Balaban J connectivity index is 1.58. The smallest absolute Gasteiger partial charge is 0.224 e. The molecular formula is C16H20N2OS. The summed E-state index contributed by atoms with van der Waals surface area (Å²) in [6, 6.07) is 5.96. The first kappa shape index (κ1) is 13.6. The lowest BCUT2D eigenvalue weighted by atomic mass is 10.0. The van der Waals surface area contributed by atoms with E-state index in [1.165, 1.54) is 30.4 Å². The van der Waals surface area contributed by atoms with Gasteiger partial charge in [0.15, 0.2) is 0 Å². The molecule has 1 aromatic carbocycles. The zero-order valence-electron chi connectivity index (χ0n) is 11.8. The lowest BCUT2D eigenvalue weighted by Gasteiger charge is -2.09. The van der Waals surface area contributed by atoms with Gasteiger partial charge in [0.2, 0.25) is 5.91 Å². The number of aryl methyl sites for hydroxylation is 1. The minimum Gasteiger partial charge on any atom is -0.326 e. The number of hydrogen-bond acceptors (Lipinski definition) is 3. The number of aromatic nitrogens is 1. The second kappa shape index (κ2) is 5.92. The molecule has 1 amide bonds. The number of nitrogens with one attached hydrogen (secondary N) is 1. The average molecular weight is 288 g/mol. The van der Waals surface area contributed by atoms with Gasteiger partial charge in [0.05, 0.1) is 15.2 Å². The fourth-order valence-electron chi connectivity index (χ4n) is 2.98. The Hall–Kier alpha value is -1.42. The highest BCUT2D eigenvalue weighted by atomic mass is 32.1. The zero-order chi connectivity index (χ0) is 13.9. The zero-order valence-corrected chi connectivity index (χ0v) is 12.6. The fraction of sp³-hybridized carbons (Fsp3) is 0.500. The highest BCUT2D eigenvalue weighted by Gasteiger charge is 2.16. The van der Waals surface area contributed by atoms with Gasteiger partial charge in [-0.2, -0.15) is 0 Å². The van der Waals surface area contributed by atoms with Gasteiger partial charge in [0, 0.05) is 12.1 Å². The molecule has 0 atom stereocenters. The number of carbonyl (C=O) groups is 1. The van der Waals surface area contributed by atoms with Crippen LogP contribution >= 0.6 is 11.3 Å². The maximum atomic E-state index is 12.0. The van der Waals surface area contributed by atoms with Crippen molar-refractivity contribution in [3.63, 3.8) is 0 Å². The van der Waals surface area contributed by atoms with Crippen molar-refractivity contribution in [2.24, 2.45) is 5.92 Å². The second-order valence-corrected chi connectivity index (χ2v) is 6.89. The first-order valence-electron chi connectivity index (χ1n) is 7.38. The van der Waals surface area contributed by atoms with Crippen LogP contribution in [0.15, 0.2) is 18.2 Å². The minimum atomic E-state index is 0.128. The van der Waals surface area contributed by atoms with E-state index >= 15 is 0 Å². The first-order valence-corrected chi connectivity index (χ1v) is 8.19. The molecule has 1 aromatic heterocycles. The molecule has 3 nitrogen and oxygen atoms in total. The highest BCUT2D eigenvalue weighted by molar-refractivity contribution is 7.18. The minimum absolute atomic E-state index is 0.128. The molecule has 0 spiro atoms. The third-order valence-electron chi connectivity index (χ3n) is 4.03. The van der Waals surface area contributed by atoms with Crippen molar-refractivity contribution in [1.82, 2.24) is 4.98 Å². The molecular weight excluding hydrogens is 268 g/mol. The van der Waals surface area contributed by atoms with Gasteiger partial charge in [-0.1, -0.05) is 25.7 Å². The molecule has 1 saturated carbocycles. The maximum absolute atomic E-state index is 12.0. The number of anilines is 1. The quantitative estimate of drug-likeness (QED) is 0.899. The fourth-order valence-corrected chi connectivity index (χ4v) is 3.79. The van der Waals surface area contributed by atoms with E-state index in [1.54, 1.807) is 11.3 Å². The van der Waals surface area contributed by atoms with Crippen molar-refractivity contribution in [3.05, 3.63) is 23.2 Å². The molecule has 0 bridgehead atoms. The number of benzene rings is 1. The molecule has 2 aromatic rings. The summed E-state index contributed by atoms with van der Waals surface area (Å²) in [5.74, 6) is 0.896. The predicted molar refractivity (Wildman–Crippen MR) is 84.2 cm³/mol. The Morgan fingerprint density at radius 2 is 2.20 bits per heavy atom. The average Bonchev–Trinajstić information content (AvgIpc) is 3.04. The van der Waals surface area contributed by atoms with E-state index in [-0.39, 0.29) is 5.91 Å². The molecule has 0 radical (unpaired) electrons. The summed E-state index contributed by atoms with van der Waals surface area (Å²) < 4.78 is 1.17. The van der Waals surface area contributed by atoms with Crippen LogP contribution in [0, 0.1) is 12.8 Å². The molecule has 1 N–H and O–H groups in total. The number of thiazole rings is 1. The normalized spacial score (nSPS) is 15.8. The molecule has 0 unspecified atom stereocenters. The number of nitrogens with zero attached hydrogens (tertiary/aromatic N) is 1. The van der Waals surface area contributed by atoms with Gasteiger partial charge in [0.1, 0.15) is 0 Å². The summed E-state index contributed by atoms with van der Waals surface area (Å²) in [5.41, 5.74) is 1.83. The summed E-state index contributed by atoms with van der Waals surface area (Å²) in [5, 5.41) is 4.05. The number of hydrogen-bond donors (Lipinski definition) is 1. The van der Waals surface area contributed by atoms with Gasteiger partial charge in [0.25, 0.3) is 0 Å². The monoisotopic (exact) mass is 288 g/mol. The molecule has 1 heterocycles. The number of carbonyl (C=O) groups excluding carboxylic acids is 1. The Labute approximate surface area is 123 Å². The topological polar surface area (TPSA) is 42.0 Å². The molecule has 4 heteroatoms. The first-order chi connectivity index (χ1) is 9.70. The molecule has 1 fully saturated rings. The van der Waals surface area contributed by atoms with Crippen LogP contribution in [0.25, 0.3) is 10.2 Å². The van der Waals surface area contributed by atoms with Crippen LogP contribution in [0.5, 0.6) is 0 Å². The van der Waals surface area contributed by atoms with E-state index in [9.17, 15) is 4.79 Å². The van der Waals surface area contributed by atoms with Gasteiger partial charge >= 0.3 is 0 Å². The van der Waals surface area contributed by atoms with Crippen LogP contribution in [0.2, 0.25) is 0 Å². The van der Waals surface area contributed by atoms with E-state index in [0.29, 0.717) is 6.42 Å². The SMILES string of the molecule is Cc1nc2cc(NC(=O)CCC3CCCC3)ccc2s1. The maximum Gasteiger partial charge on any atom is 0.224 e. The van der Waals surface area contributed by atoms with Gasteiger partial charge in [-0.05, 0) is 37.5 Å². The third kappa shape index (κ3) is 3.18. The van der Waals surface area contributed by atoms with E-state index < -0.39 is 0 Å². The molecule has 3 rings (SSSR count). The molecule has 1 aliphatic rings.